The fraction of sp³-hybridized carbons (Fsp3) is 0.0566. The number of hydrogen-bond donors (Lipinski definition) is 0. The van der Waals surface area contributed by atoms with Crippen LogP contribution in [0.3, 0.4) is 0 Å². The van der Waals surface area contributed by atoms with Gasteiger partial charge in [0.2, 0.25) is 0 Å². The van der Waals surface area contributed by atoms with E-state index >= 15 is 13.2 Å². The first kappa shape index (κ1) is 36.5. The van der Waals surface area contributed by atoms with Crippen LogP contribution in [0.5, 0.6) is 0 Å². The SMILES string of the molecule is Cc1ccc(-c2ccc3c4ccccc4n(-c4cc(C#N)cc(-n5c6ccccc6c6ccc(-c7ccc(C)cc7)cc65)c4-c4c(C#N)cccc4C(F)(F)F)c3c2)cc1. The number of fused-ring (bicyclic) bond motifs is 6. The van der Waals surface area contributed by atoms with Crippen molar-refractivity contribution < 1.29 is 13.2 Å². The average molecular weight is 783 g/mol. The Morgan fingerprint density at radius 1 is 0.433 bits per heavy atom. The Kier molecular flexibility index (Phi) is 8.45. The van der Waals surface area contributed by atoms with E-state index in [0.29, 0.717) is 11.4 Å². The van der Waals surface area contributed by atoms with Gasteiger partial charge in [0.15, 0.2) is 0 Å². The molecule has 0 fully saturated rings. The molecule has 4 nitrogen and oxygen atoms in total. The van der Waals surface area contributed by atoms with E-state index in [-0.39, 0.29) is 22.3 Å². The molecule has 0 aliphatic rings. The van der Waals surface area contributed by atoms with Crippen LogP contribution in [0.2, 0.25) is 0 Å². The van der Waals surface area contributed by atoms with Crippen LogP contribution in [-0.4, -0.2) is 9.13 Å². The summed E-state index contributed by atoms with van der Waals surface area (Å²) in [4.78, 5) is 0. The van der Waals surface area contributed by atoms with Gasteiger partial charge in [-0.25, -0.2) is 0 Å². The minimum absolute atomic E-state index is 0.140. The summed E-state index contributed by atoms with van der Waals surface area (Å²) >= 11 is 0. The molecule has 10 aromatic rings. The van der Waals surface area contributed by atoms with Crippen molar-refractivity contribution in [3.8, 4) is 56.9 Å². The second-order valence-electron chi connectivity index (χ2n) is 15.2. The topological polar surface area (TPSA) is 57.4 Å². The Morgan fingerprint density at radius 3 is 1.33 bits per heavy atom. The van der Waals surface area contributed by atoms with Crippen LogP contribution in [0.4, 0.5) is 13.2 Å². The molecule has 7 heteroatoms. The van der Waals surface area contributed by atoms with Crippen LogP contribution in [-0.2, 0) is 6.18 Å². The first-order chi connectivity index (χ1) is 29.1. The van der Waals surface area contributed by atoms with E-state index in [1.165, 1.54) is 12.1 Å². The van der Waals surface area contributed by atoms with E-state index in [1.54, 1.807) is 12.1 Å². The van der Waals surface area contributed by atoms with Gasteiger partial charge < -0.3 is 9.13 Å². The number of halogens is 3. The van der Waals surface area contributed by atoms with Crippen molar-refractivity contribution in [2.45, 2.75) is 20.0 Å². The maximum atomic E-state index is 15.5. The summed E-state index contributed by atoms with van der Waals surface area (Å²) in [5, 5.41) is 25.1. The summed E-state index contributed by atoms with van der Waals surface area (Å²) in [5.74, 6) is 0. The van der Waals surface area contributed by atoms with Crippen molar-refractivity contribution in [2.75, 3.05) is 0 Å². The Labute approximate surface area is 343 Å². The predicted molar refractivity (Wildman–Crippen MR) is 235 cm³/mol. The highest BCUT2D eigenvalue weighted by atomic mass is 19.4. The van der Waals surface area contributed by atoms with Gasteiger partial charge in [0, 0.05) is 32.7 Å². The molecule has 0 saturated carbocycles. The van der Waals surface area contributed by atoms with Crippen LogP contribution in [0.25, 0.3) is 88.4 Å². The highest BCUT2D eigenvalue weighted by molar-refractivity contribution is 6.13. The van der Waals surface area contributed by atoms with Gasteiger partial charge >= 0.3 is 6.18 Å². The van der Waals surface area contributed by atoms with E-state index in [1.807, 2.05) is 108 Å². The van der Waals surface area contributed by atoms with Gasteiger partial charge in [-0.2, -0.15) is 23.7 Å². The zero-order chi connectivity index (χ0) is 41.3. The fourth-order valence-corrected chi connectivity index (χ4v) is 8.75. The van der Waals surface area contributed by atoms with Gasteiger partial charge in [0.05, 0.1) is 62.3 Å². The minimum atomic E-state index is -4.83. The lowest BCUT2D eigenvalue weighted by Crippen LogP contribution is -2.12. The quantitative estimate of drug-likeness (QED) is 0.175. The Morgan fingerprint density at radius 2 is 0.883 bits per heavy atom. The lowest BCUT2D eigenvalue weighted by molar-refractivity contribution is -0.137. The van der Waals surface area contributed by atoms with Gasteiger partial charge in [-0.15, -0.1) is 0 Å². The molecule has 286 valence electrons. The van der Waals surface area contributed by atoms with Crippen LogP contribution in [0.15, 0.2) is 164 Å². The predicted octanol–water partition coefficient (Wildman–Crippen LogP) is 14.3. The molecule has 0 unspecified atom stereocenters. The number of nitriles is 2. The molecule has 0 aliphatic carbocycles. The summed E-state index contributed by atoms with van der Waals surface area (Å²) in [6, 6.07) is 55.8. The first-order valence-corrected chi connectivity index (χ1v) is 19.5. The summed E-state index contributed by atoms with van der Waals surface area (Å²) < 4.78 is 50.5. The molecule has 0 aliphatic heterocycles. The third kappa shape index (κ3) is 5.82. The number of aromatic nitrogens is 2. The summed E-state index contributed by atoms with van der Waals surface area (Å²) in [6.45, 7) is 4.06. The molecule has 0 bridgehead atoms. The molecule has 0 atom stereocenters. The van der Waals surface area contributed by atoms with Crippen molar-refractivity contribution >= 4 is 43.6 Å². The number of aryl methyl sites for hydroxylation is 2. The molecule has 2 aromatic heterocycles. The fourth-order valence-electron chi connectivity index (χ4n) is 8.75. The maximum absolute atomic E-state index is 15.5. The molecule has 8 aromatic carbocycles. The van der Waals surface area contributed by atoms with Gasteiger partial charge in [0.1, 0.15) is 0 Å². The third-order valence-electron chi connectivity index (χ3n) is 11.6. The summed E-state index contributed by atoms with van der Waals surface area (Å²) in [5.41, 5.74) is 8.74. The van der Waals surface area contributed by atoms with Gasteiger partial charge in [-0.1, -0.05) is 126 Å². The zero-order valence-electron chi connectivity index (χ0n) is 32.5. The average Bonchev–Trinajstić information content (AvgIpc) is 3.78. The number of nitrogens with zero attached hydrogens (tertiary/aromatic N) is 4. The van der Waals surface area contributed by atoms with Crippen molar-refractivity contribution in [3.05, 3.63) is 192 Å². The van der Waals surface area contributed by atoms with Gasteiger partial charge in [-0.3, -0.25) is 0 Å². The van der Waals surface area contributed by atoms with Crippen molar-refractivity contribution in [1.82, 2.24) is 9.13 Å². The molecule has 2 heterocycles. The number of benzene rings is 8. The monoisotopic (exact) mass is 782 g/mol. The number of rotatable bonds is 5. The smallest absolute Gasteiger partial charge is 0.308 e. The summed E-state index contributed by atoms with van der Waals surface area (Å²) in [6.07, 6.45) is -4.83. The molecule has 0 spiro atoms. The van der Waals surface area contributed by atoms with Crippen molar-refractivity contribution in [1.29, 1.82) is 10.5 Å². The van der Waals surface area contributed by atoms with E-state index in [0.717, 1.165) is 83.1 Å². The van der Waals surface area contributed by atoms with Gasteiger partial charge in [0.25, 0.3) is 0 Å². The maximum Gasteiger partial charge on any atom is 0.417 e. The number of alkyl halides is 3. The zero-order valence-corrected chi connectivity index (χ0v) is 32.5. The van der Waals surface area contributed by atoms with E-state index in [4.69, 9.17) is 0 Å². The number of hydrogen-bond acceptors (Lipinski definition) is 2. The highest BCUT2D eigenvalue weighted by Crippen LogP contribution is 2.48. The van der Waals surface area contributed by atoms with Crippen LogP contribution < -0.4 is 0 Å². The van der Waals surface area contributed by atoms with Crippen molar-refractivity contribution in [3.63, 3.8) is 0 Å². The Bertz CT molecular complexity index is 3260. The molecule has 60 heavy (non-hydrogen) atoms. The third-order valence-corrected chi connectivity index (χ3v) is 11.6. The minimum Gasteiger partial charge on any atom is -0.308 e. The molecule has 0 saturated heterocycles. The molecule has 10 rings (SSSR count). The highest BCUT2D eigenvalue weighted by Gasteiger charge is 2.37. The largest absolute Gasteiger partial charge is 0.417 e. The van der Waals surface area contributed by atoms with Crippen LogP contribution in [0, 0.1) is 36.5 Å². The Hall–Kier alpha value is -7.87. The van der Waals surface area contributed by atoms with E-state index < -0.39 is 11.7 Å². The molecule has 0 radical (unpaired) electrons. The lowest BCUT2D eigenvalue weighted by atomic mass is 9.90. The summed E-state index contributed by atoms with van der Waals surface area (Å²) in [7, 11) is 0. The molecule has 0 amide bonds. The normalized spacial score (nSPS) is 11.7. The lowest BCUT2D eigenvalue weighted by Gasteiger charge is -2.24. The molecular weight excluding hydrogens is 750 g/mol. The second-order valence-corrected chi connectivity index (χ2v) is 15.2. The standard InChI is InChI=1S/C53H33F3N4/c1-32-14-18-35(19-15-32)37-22-24-42-40-9-3-5-12-45(40)59(47(42)28-37)49-26-34(30-57)27-50(52(49)51-39(31-58)8-7-11-44(51)53(54,55)56)60-46-13-6-4-10-41(46)43-25-23-38(29-48(43)60)36-20-16-33(2)17-21-36/h3-29H,1-2H3. The van der Waals surface area contributed by atoms with Crippen LogP contribution >= 0.6 is 0 Å². The molecule has 0 N–H and O–H groups in total. The van der Waals surface area contributed by atoms with E-state index in [9.17, 15) is 10.5 Å². The number of para-hydroxylation sites is 2. The Balaban J connectivity index is 1.41. The second kappa shape index (κ2) is 13.9. The van der Waals surface area contributed by atoms with Gasteiger partial charge in [-0.05, 0) is 84.6 Å². The first-order valence-electron chi connectivity index (χ1n) is 19.5. The van der Waals surface area contributed by atoms with E-state index in [2.05, 4.69) is 60.7 Å². The van der Waals surface area contributed by atoms with Crippen molar-refractivity contribution in [2.24, 2.45) is 0 Å². The molecular formula is C53H33F3N4. The van der Waals surface area contributed by atoms with Crippen LogP contribution in [0.1, 0.15) is 27.8 Å².